The van der Waals surface area contributed by atoms with Crippen molar-refractivity contribution in [3.63, 3.8) is 0 Å². The molecule has 0 radical (unpaired) electrons. The zero-order valence-electron chi connectivity index (χ0n) is 15.4. The van der Waals surface area contributed by atoms with E-state index in [-0.39, 0.29) is 18.4 Å². The zero-order chi connectivity index (χ0) is 18.5. The summed E-state index contributed by atoms with van der Waals surface area (Å²) in [6.45, 7) is 6.18. The predicted octanol–water partition coefficient (Wildman–Crippen LogP) is 5.16. The van der Waals surface area contributed by atoms with Crippen molar-refractivity contribution in [1.82, 2.24) is 10.3 Å². The fraction of sp³-hybridized carbons (Fsp3) is 0.333. The maximum Gasteiger partial charge on any atom is 0.236 e. The molecule has 0 aliphatic heterocycles. The molecule has 2 aromatic heterocycles. The van der Waals surface area contributed by atoms with Crippen LogP contribution in [0.15, 0.2) is 52.3 Å². The van der Waals surface area contributed by atoms with Crippen LogP contribution in [0.2, 0.25) is 0 Å². The molecular weight excluding hydrogens is 344 g/mol. The lowest BCUT2D eigenvalue weighted by Crippen LogP contribution is -2.31. The third-order valence-corrected chi connectivity index (χ3v) is 5.05. The van der Waals surface area contributed by atoms with Crippen molar-refractivity contribution in [2.45, 2.75) is 39.7 Å². The summed E-state index contributed by atoms with van der Waals surface area (Å²) in [7, 11) is 0. The van der Waals surface area contributed by atoms with Gasteiger partial charge in [-0.1, -0.05) is 50.2 Å². The van der Waals surface area contributed by atoms with Gasteiger partial charge in [-0.25, -0.2) is 4.98 Å². The van der Waals surface area contributed by atoms with Crippen molar-refractivity contribution in [1.29, 1.82) is 0 Å². The number of hydrogen-bond donors (Lipinski definition) is 1. The van der Waals surface area contributed by atoms with Crippen LogP contribution < -0.4 is 5.32 Å². The van der Waals surface area contributed by atoms with E-state index in [1.807, 2.05) is 42.6 Å². The van der Waals surface area contributed by atoms with Gasteiger partial charge in [0.15, 0.2) is 0 Å². The first-order valence-electron chi connectivity index (χ1n) is 8.87. The van der Waals surface area contributed by atoms with Crippen molar-refractivity contribution < 1.29 is 9.21 Å². The standard InChI is InChI=1S/C21H24N2O2S/c1-14(2)12-18(16-8-5-4-6-9-16)22-20(24)13-17-15(3)25-21(23-17)19-10-7-11-26-19/h4-11,14,18H,12-13H2,1-3H3,(H,22,24). The molecule has 0 bridgehead atoms. The van der Waals surface area contributed by atoms with E-state index in [4.69, 9.17) is 4.42 Å². The Balaban J connectivity index is 1.71. The highest BCUT2D eigenvalue weighted by atomic mass is 32.1. The number of nitrogens with zero attached hydrogens (tertiary/aromatic N) is 1. The van der Waals surface area contributed by atoms with E-state index in [9.17, 15) is 4.79 Å². The maximum absolute atomic E-state index is 12.6. The molecule has 5 heteroatoms. The molecule has 136 valence electrons. The Morgan fingerprint density at radius 1 is 1.19 bits per heavy atom. The van der Waals surface area contributed by atoms with Crippen molar-refractivity contribution in [2.24, 2.45) is 5.92 Å². The molecule has 0 fully saturated rings. The first-order valence-corrected chi connectivity index (χ1v) is 9.75. The van der Waals surface area contributed by atoms with Crippen LogP contribution in [0.5, 0.6) is 0 Å². The molecule has 0 aliphatic rings. The first-order chi connectivity index (χ1) is 12.5. The van der Waals surface area contributed by atoms with Gasteiger partial charge in [0.05, 0.1) is 23.0 Å². The van der Waals surface area contributed by atoms with Gasteiger partial charge in [-0.05, 0) is 36.3 Å². The number of thiophene rings is 1. The van der Waals surface area contributed by atoms with E-state index in [0.29, 0.717) is 23.3 Å². The average Bonchev–Trinajstić information content (AvgIpc) is 3.25. The normalized spacial score (nSPS) is 12.3. The molecule has 1 N–H and O–H groups in total. The van der Waals surface area contributed by atoms with Gasteiger partial charge in [-0.3, -0.25) is 4.79 Å². The van der Waals surface area contributed by atoms with Gasteiger partial charge in [0.2, 0.25) is 11.8 Å². The number of carbonyl (C=O) groups is 1. The lowest BCUT2D eigenvalue weighted by Gasteiger charge is -2.21. The molecule has 0 spiro atoms. The van der Waals surface area contributed by atoms with Crippen LogP contribution in [-0.4, -0.2) is 10.9 Å². The lowest BCUT2D eigenvalue weighted by molar-refractivity contribution is -0.121. The molecule has 1 aromatic carbocycles. The van der Waals surface area contributed by atoms with Crippen LogP contribution >= 0.6 is 11.3 Å². The summed E-state index contributed by atoms with van der Waals surface area (Å²) in [5.74, 6) is 1.74. The van der Waals surface area contributed by atoms with Gasteiger partial charge in [-0.15, -0.1) is 11.3 Å². The van der Waals surface area contributed by atoms with Gasteiger partial charge >= 0.3 is 0 Å². The highest BCUT2D eigenvalue weighted by molar-refractivity contribution is 7.13. The number of rotatable bonds is 7. The molecule has 4 nitrogen and oxygen atoms in total. The van der Waals surface area contributed by atoms with Crippen LogP contribution in [0.3, 0.4) is 0 Å². The number of aryl methyl sites for hydroxylation is 1. The second-order valence-electron chi connectivity index (χ2n) is 6.84. The predicted molar refractivity (Wildman–Crippen MR) is 105 cm³/mol. The Morgan fingerprint density at radius 3 is 2.62 bits per heavy atom. The van der Waals surface area contributed by atoms with E-state index in [1.165, 1.54) is 0 Å². The Hall–Kier alpha value is -2.40. The van der Waals surface area contributed by atoms with Gasteiger partial charge in [0, 0.05) is 0 Å². The van der Waals surface area contributed by atoms with Crippen LogP contribution in [0, 0.1) is 12.8 Å². The average molecular weight is 369 g/mol. The lowest BCUT2D eigenvalue weighted by atomic mass is 9.97. The van der Waals surface area contributed by atoms with Gasteiger partial charge in [0.1, 0.15) is 5.76 Å². The molecule has 0 aliphatic carbocycles. The largest absolute Gasteiger partial charge is 0.440 e. The Bertz CT molecular complexity index is 838. The summed E-state index contributed by atoms with van der Waals surface area (Å²) in [6, 6.07) is 14.0. The molecule has 1 unspecified atom stereocenters. The molecule has 3 rings (SSSR count). The van der Waals surface area contributed by atoms with E-state index in [2.05, 4.69) is 36.3 Å². The number of hydrogen-bond acceptors (Lipinski definition) is 4. The molecule has 1 atom stereocenters. The zero-order valence-corrected chi connectivity index (χ0v) is 16.2. The van der Waals surface area contributed by atoms with Crippen molar-refractivity contribution in [2.75, 3.05) is 0 Å². The van der Waals surface area contributed by atoms with Crippen LogP contribution in [0.1, 0.15) is 43.3 Å². The summed E-state index contributed by atoms with van der Waals surface area (Å²) in [4.78, 5) is 18.1. The molecular formula is C21H24N2O2S. The molecule has 26 heavy (non-hydrogen) atoms. The molecule has 1 amide bonds. The minimum absolute atomic E-state index is 0.00711. The number of oxazole rings is 1. The van der Waals surface area contributed by atoms with Crippen molar-refractivity contribution in [3.05, 3.63) is 64.9 Å². The van der Waals surface area contributed by atoms with Crippen LogP contribution in [-0.2, 0) is 11.2 Å². The van der Waals surface area contributed by atoms with E-state index in [1.54, 1.807) is 11.3 Å². The number of nitrogens with one attached hydrogen (secondary N) is 1. The number of carbonyl (C=O) groups excluding carboxylic acids is 1. The minimum atomic E-state index is -0.0337. The Labute approximate surface area is 158 Å². The van der Waals surface area contributed by atoms with Gasteiger partial charge in [-0.2, -0.15) is 0 Å². The van der Waals surface area contributed by atoms with Gasteiger partial charge in [0.25, 0.3) is 0 Å². The van der Waals surface area contributed by atoms with E-state index in [0.717, 1.165) is 16.9 Å². The smallest absolute Gasteiger partial charge is 0.236 e. The first kappa shape index (κ1) is 18.4. The third kappa shape index (κ3) is 4.61. The summed E-state index contributed by atoms with van der Waals surface area (Å²) in [5.41, 5.74) is 1.83. The SMILES string of the molecule is Cc1oc(-c2cccs2)nc1CC(=O)NC(CC(C)C)c1ccccc1. The summed E-state index contributed by atoms with van der Waals surface area (Å²) in [5, 5.41) is 5.15. The second kappa shape index (κ2) is 8.32. The van der Waals surface area contributed by atoms with Gasteiger partial charge < -0.3 is 9.73 Å². The summed E-state index contributed by atoms with van der Waals surface area (Å²) < 4.78 is 5.73. The van der Waals surface area contributed by atoms with Crippen molar-refractivity contribution >= 4 is 17.2 Å². The summed E-state index contributed by atoms with van der Waals surface area (Å²) in [6.07, 6.45) is 1.12. The summed E-state index contributed by atoms with van der Waals surface area (Å²) >= 11 is 1.57. The molecule has 0 saturated carbocycles. The number of benzene rings is 1. The Morgan fingerprint density at radius 2 is 1.96 bits per heavy atom. The highest BCUT2D eigenvalue weighted by Crippen LogP contribution is 2.26. The molecule has 2 heterocycles. The molecule has 3 aromatic rings. The van der Waals surface area contributed by atoms with E-state index >= 15 is 0 Å². The highest BCUT2D eigenvalue weighted by Gasteiger charge is 2.19. The fourth-order valence-corrected chi connectivity index (χ4v) is 3.58. The third-order valence-electron chi connectivity index (χ3n) is 4.20. The fourth-order valence-electron chi connectivity index (χ4n) is 2.93. The van der Waals surface area contributed by atoms with Crippen molar-refractivity contribution in [3.8, 4) is 10.8 Å². The number of amides is 1. The Kier molecular flexibility index (Phi) is 5.89. The molecule has 0 saturated heterocycles. The topological polar surface area (TPSA) is 55.1 Å². The number of aromatic nitrogens is 1. The monoisotopic (exact) mass is 368 g/mol. The van der Waals surface area contributed by atoms with Crippen LogP contribution in [0.4, 0.5) is 0 Å². The maximum atomic E-state index is 12.6. The quantitative estimate of drug-likeness (QED) is 0.627. The second-order valence-corrected chi connectivity index (χ2v) is 7.78. The van der Waals surface area contributed by atoms with E-state index < -0.39 is 0 Å². The minimum Gasteiger partial charge on any atom is -0.440 e. The van der Waals surface area contributed by atoms with Crippen LogP contribution in [0.25, 0.3) is 10.8 Å².